The number of thiophene rings is 1. The number of rotatable bonds is 7. The van der Waals surface area contributed by atoms with Gasteiger partial charge in [0.05, 0.1) is 17.8 Å². The van der Waals surface area contributed by atoms with Crippen molar-refractivity contribution in [3.8, 4) is 5.75 Å². The van der Waals surface area contributed by atoms with E-state index in [4.69, 9.17) is 11.6 Å². The van der Waals surface area contributed by atoms with Crippen LogP contribution in [0.4, 0.5) is 0 Å². The van der Waals surface area contributed by atoms with Gasteiger partial charge < -0.3 is 10.0 Å². The Morgan fingerprint density at radius 3 is 2.56 bits per heavy atom. The fraction of sp³-hybridized carbons (Fsp3) is 0.115. The van der Waals surface area contributed by atoms with Gasteiger partial charge in [0, 0.05) is 29.5 Å². The summed E-state index contributed by atoms with van der Waals surface area (Å²) < 4.78 is 0. The van der Waals surface area contributed by atoms with Gasteiger partial charge in [-0.2, -0.15) is 5.10 Å². The van der Waals surface area contributed by atoms with Crippen LogP contribution in [0.3, 0.4) is 0 Å². The third kappa shape index (κ3) is 5.44. The summed E-state index contributed by atoms with van der Waals surface area (Å²) in [5.74, 6) is -0.517. The second-order valence-corrected chi connectivity index (χ2v) is 9.12. The summed E-state index contributed by atoms with van der Waals surface area (Å²) in [4.78, 5) is 27.6. The van der Waals surface area contributed by atoms with Crippen molar-refractivity contribution in [2.75, 3.05) is 0 Å². The van der Waals surface area contributed by atoms with Crippen molar-refractivity contribution in [2.24, 2.45) is 5.10 Å². The number of phenolic OH excluding ortho intramolecular Hbond substituents is 1. The predicted octanol–water partition coefficient (Wildman–Crippen LogP) is 5.57. The van der Waals surface area contributed by atoms with E-state index in [0.717, 1.165) is 26.8 Å². The number of nitrogens with zero attached hydrogens (tertiary/aromatic N) is 2. The highest BCUT2D eigenvalue weighted by molar-refractivity contribution is 7.09. The molecule has 0 unspecified atom stereocenters. The Labute approximate surface area is 206 Å². The van der Waals surface area contributed by atoms with E-state index in [1.165, 1.54) is 18.2 Å². The molecule has 1 aromatic heterocycles. The first-order chi connectivity index (χ1) is 16.4. The topological polar surface area (TPSA) is 82.0 Å². The number of carbonyl (C=O) groups excluding carboxylic acids is 2. The lowest BCUT2D eigenvalue weighted by atomic mass is 9.99. The number of amides is 2. The maximum Gasteiger partial charge on any atom is 0.271 e. The van der Waals surface area contributed by atoms with Gasteiger partial charge in [-0.25, -0.2) is 5.43 Å². The van der Waals surface area contributed by atoms with Crippen LogP contribution in [0.15, 0.2) is 77.2 Å². The lowest BCUT2D eigenvalue weighted by Crippen LogP contribution is -2.27. The number of halogens is 1. The summed E-state index contributed by atoms with van der Waals surface area (Å²) in [6.45, 7) is 2.64. The van der Waals surface area contributed by atoms with Crippen LogP contribution in [0.5, 0.6) is 5.75 Å². The minimum absolute atomic E-state index is 0.0140. The zero-order valence-electron chi connectivity index (χ0n) is 18.4. The Morgan fingerprint density at radius 2 is 1.85 bits per heavy atom. The molecule has 34 heavy (non-hydrogen) atoms. The first-order valence-electron chi connectivity index (χ1n) is 10.5. The van der Waals surface area contributed by atoms with Crippen LogP contribution in [-0.4, -0.2) is 28.0 Å². The fourth-order valence-corrected chi connectivity index (χ4v) is 4.48. The van der Waals surface area contributed by atoms with E-state index in [0.29, 0.717) is 13.1 Å². The highest BCUT2D eigenvalue weighted by atomic mass is 35.5. The molecular weight excluding hydrogens is 470 g/mol. The summed E-state index contributed by atoms with van der Waals surface area (Å²) in [6.07, 6.45) is 1.58. The standard InChI is InChI=1S/C26H22ClN3O3S/c1-17(31)30(16-21-5-4-12-34-21)15-20-9-8-19(22-6-2-3-7-23(20)22)14-28-29-26(33)18-10-11-25(32)24(27)13-18/h2-14,32H,15-16H2,1H3,(H,29,33)/b28-14+. The molecule has 1 heterocycles. The Balaban J connectivity index is 1.54. The summed E-state index contributed by atoms with van der Waals surface area (Å²) >= 11 is 7.50. The number of phenols is 1. The van der Waals surface area contributed by atoms with Gasteiger partial charge >= 0.3 is 0 Å². The van der Waals surface area contributed by atoms with Gasteiger partial charge in [0.15, 0.2) is 0 Å². The molecule has 0 radical (unpaired) electrons. The van der Waals surface area contributed by atoms with E-state index in [9.17, 15) is 14.7 Å². The molecule has 2 amide bonds. The van der Waals surface area contributed by atoms with E-state index in [1.807, 2.05) is 58.8 Å². The van der Waals surface area contributed by atoms with Gasteiger partial charge in [0.1, 0.15) is 5.75 Å². The largest absolute Gasteiger partial charge is 0.506 e. The quantitative estimate of drug-likeness (QED) is 0.262. The fourth-order valence-electron chi connectivity index (χ4n) is 3.58. The Hall–Kier alpha value is -3.68. The van der Waals surface area contributed by atoms with Crippen LogP contribution in [-0.2, 0) is 17.9 Å². The minimum atomic E-state index is -0.440. The van der Waals surface area contributed by atoms with E-state index in [2.05, 4.69) is 10.5 Å². The molecule has 8 heteroatoms. The van der Waals surface area contributed by atoms with Gasteiger partial charge in [0.25, 0.3) is 5.91 Å². The molecule has 6 nitrogen and oxygen atoms in total. The number of hydrogen-bond acceptors (Lipinski definition) is 5. The van der Waals surface area contributed by atoms with Crippen molar-refractivity contribution in [3.63, 3.8) is 0 Å². The Kier molecular flexibility index (Phi) is 7.25. The number of hydrazone groups is 1. The van der Waals surface area contributed by atoms with Crippen molar-refractivity contribution >= 4 is 51.7 Å². The molecule has 0 aliphatic rings. The maximum absolute atomic E-state index is 12.3. The van der Waals surface area contributed by atoms with Crippen LogP contribution < -0.4 is 5.43 Å². The third-order valence-corrected chi connectivity index (χ3v) is 6.52. The minimum Gasteiger partial charge on any atom is -0.506 e. The first-order valence-corrected chi connectivity index (χ1v) is 11.8. The molecule has 3 aromatic carbocycles. The normalized spacial score (nSPS) is 11.1. The molecular formula is C26H22ClN3O3S. The first kappa shape index (κ1) is 23.5. The van der Waals surface area contributed by atoms with Gasteiger partial charge in [-0.1, -0.05) is 54.1 Å². The molecule has 0 bridgehead atoms. The predicted molar refractivity (Wildman–Crippen MR) is 136 cm³/mol. The van der Waals surface area contributed by atoms with E-state index in [1.54, 1.807) is 24.5 Å². The van der Waals surface area contributed by atoms with Gasteiger partial charge in [-0.3, -0.25) is 9.59 Å². The van der Waals surface area contributed by atoms with Crippen LogP contribution in [0.25, 0.3) is 10.8 Å². The molecule has 2 N–H and O–H groups in total. The number of nitrogens with one attached hydrogen (secondary N) is 1. The number of fused-ring (bicyclic) bond motifs is 1. The molecule has 4 aromatic rings. The molecule has 0 aliphatic carbocycles. The van der Waals surface area contributed by atoms with Crippen molar-refractivity contribution in [1.82, 2.24) is 10.3 Å². The van der Waals surface area contributed by atoms with E-state index >= 15 is 0 Å². The number of benzene rings is 3. The molecule has 172 valence electrons. The van der Waals surface area contributed by atoms with Crippen molar-refractivity contribution < 1.29 is 14.7 Å². The molecule has 0 saturated carbocycles. The SMILES string of the molecule is CC(=O)N(Cc1cccs1)Cc1ccc(/C=N/NC(=O)c2ccc(O)c(Cl)c2)c2ccccc12. The second kappa shape index (κ2) is 10.5. The summed E-state index contributed by atoms with van der Waals surface area (Å²) in [5.41, 5.74) is 4.63. The monoisotopic (exact) mass is 491 g/mol. The third-order valence-electron chi connectivity index (χ3n) is 5.36. The average molecular weight is 492 g/mol. The highest BCUT2D eigenvalue weighted by Crippen LogP contribution is 2.25. The number of aromatic hydroxyl groups is 1. The Morgan fingerprint density at radius 1 is 1.06 bits per heavy atom. The molecule has 0 atom stereocenters. The molecule has 0 spiro atoms. The van der Waals surface area contributed by atoms with Crippen molar-refractivity contribution in [2.45, 2.75) is 20.0 Å². The zero-order chi connectivity index (χ0) is 24.1. The molecule has 0 fully saturated rings. The van der Waals surface area contributed by atoms with E-state index < -0.39 is 5.91 Å². The van der Waals surface area contributed by atoms with Crippen molar-refractivity contribution in [3.05, 3.63) is 98.7 Å². The smallest absolute Gasteiger partial charge is 0.271 e. The van der Waals surface area contributed by atoms with Gasteiger partial charge in [-0.15, -0.1) is 11.3 Å². The maximum atomic E-state index is 12.3. The van der Waals surface area contributed by atoms with Crippen LogP contribution >= 0.6 is 22.9 Å². The van der Waals surface area contributed by atoms with E-state index in [-0.39, 0.29) is 22.2 Å². The van der Waals surface area contributed by atoms with Gasteiger partial charge in [0.2, 0.25) is 5.91 Å². The average Bonchev–Trinajstić information content (AvgIpc) is 3.34. The molecule has 4 rings (SSSR count). The number of hydrogen-bond donors (Lipinski definition) is 2. The van der Waals surface area contributed by atoms with Crippen molar-refractivity contribution in [1.29, 1.82) is 0 Å². The summed E-state index contributed by atoms with van der Waals surface area (Å²) in [7, 11) is 0. The molecule has 0 saturated heterocycles. The van der Waals surface area contributed by atoms with Crippen LogP contribution in [0.1, 0.15) is 33.3 Å². The molecule has 0 aliphatic heterocycles. The highest BCUT2D eigenvalue weighted by Gasteiger charge is 2.14. The lowest BCUT2D eigenvalue weighted by Gasteiger charge is -2.22. The zero-order valence-corrected chi connectivity index (χ0v) is 19.9. The second-order valence-electron chi connectivity index (χ2n) is 7.68. The summed E-state index contributed by atoms with van der Waals surface area (Å²) in [5, 5.41) is 17.7. The number of carbonyl (C=O) groups is 2. The lowest BCUT2D eigenvalue weighted by molar-refractivity contribution is -0.130. The van der Waals surface area contributed by atoms with Gasteiger partial charge in [-0.05, 0) is 46.0 Å². The van der Waals surface area contributed by atoms with Crippen LogP contribution in [0.2, 0.25) is 5.02 Å². The summed E-state index contributed by atoms with van der Waals surface area (Å²) in [6, 6.07) is 20.0. The Bertz CT molecular complexity index is 1370. The van der Waals surface area contributed by atoms with Crippen LogP contribution in [0, 0.1) is 0 Å².